The van der Waals surface area contributed by atoms with E-state index in [4.69, 9.17) is 4.98 Å². The van der Waals surface area contributed by atoms with Crippen LogP contribution in [0.15, 0.2) is 108 Å². The molecule has 5 aromatic rings. The minimum Gasteiger partial charge on any atom is -0.324 e. The largest absolute Gasteiger partial charge is 0.324 e. The van der Waals surface area contributed by atoms with Gasteiger partial charge in [-0.1, -0.05) is 108 Å². The van der Waals surface area contributed by atoms with Crippen molar-refractivity contribution in [2.45, 2.75) is 32.5 Å². The van der Waals surface area contributed by atoms with Crippen molar-refractivity contribution in [3.05, 3.63) is 113 Å². The van der Waals surface area contributed by atoms with Crippen LogP contribution in [0.2, 0.25) is 0 Å². The predicted octanol–water partition coefficient (Wildman–Crippen LogP) is 7.90. The molecule has 5 rings (SSSR count). The van der Waals surface area contributed by atoms with Gasteiger partial charge in [0.15, 0.2) is 0 Å². The summed E-state index contributed by atoms with van der Waals surface area (Å²) in [4.78, 5) is 5.13. The normalized spacial score (nSPS) is 11.4. The van der Waals surface area contributed by atoms with Gasteiger partial charge in [-0.3, -0.25) is 0 Å². The lowest BCUT2D eigenvalue weighted by molar-refractivity contribution is 0.651. The van der Waals surface area contributed by atoms with Crippen LogP contribution in [0.3, 0.4) is 0 Å². The van der Waals surface area contributed by atoms with Crippen LogP contribution in [0.25, 0.3) is 22.4 Å². The fraction of sp³-hybridized carbons (Fsp3) is 0.167. The number of hydrogen-bond donors (Lipinski definition) is 0. The van der Waals surface area contributed by atoms with Gasteiger partial charge in [-0.05, 0) is 54.8 Å². The molecule has 0 unspecified atom stereocenters. The Balaban J connectivity index is 1.55. The first-order chi connectivity index (χ1) is 16.7. The van der Waals surface area contributed by atoms with E-state index in [0.717, 1.165) is 46.9 Å². The van der Waals surface area contributed by atoms with Crippen LogP contribution in [-0.4, -0.2) is 9.55 Å². The van der Waals surface area contributed by atoms with Crippen LogP contribution < -0.4 is 10.6 Å². The third-order valence-electron chi connectivity index (χ3n) is 6.13. The zero-order valence-electron chi connectivity index (χ0n) is 19.4. The van der Waals surface area contributed by atoms with Crippen LogP contribution >= 0.6 is 23.9 Å². The van der Waals surface area contributed by atoms with Crippen molar-refractivity contribution in [1.82, 2.24) is 9.55 Å². The molecule has 0 radical (unpaired) electrons. The Morgan fingerprint density at radius 3 is 2.06 bits per heavy atom. The Kier molecular flexibility index (Phi) is 7.23. The molecule has 170 valence electrons. The van der Waals surface area contributed by atoms with E-state index in [1.54, 1.807) is 0 Å². The van der Waals surface area contributed by atoms with Gasteiger partial charge in [0.1, 0.15) is 5.82 Å². The third-order valence-corrected chi connectivity index (χ3v) is 9.18. The Bertz CT molecular complexity index is 1320. The van der Waals surface area contributed by atoms with Gasteiger partial charge in [0, 0.05) is 22.7 Å². The predicted molar refractivity (Wildman–Crippen MR) is 151 cm³/mol. The van der Waals surface area contributed by atoms with Crippen molar-refractivity contribution in [2.75, 3.05) is 0 Å². The second-order valence-electron chi connectivity index (χ2n) is 8.53. The van der Waals surface area contributed by atoms with Crippen molar-refractivity contribution in [1.29, 1.82) is 0 Å². The van der Waals surface area contributed by atoms with Gasteiger partial charge >= 0.3 is 0 Å². The highest BCUT2D eigenvalue weighted by molar-refractivity contribution is 9.10. The summed E-state index contributed by atoms with van der Waals surface area (Å²) in [6.45, 7) is 3.23. The Morgan fingerprint density at radius 1 is 0.794 bits per heavy atom. The average molecular weight is 527 g/mol. The molecule has 0 aliphatic carbocycles. The van der Waals surface area contributed by atoms with Crippen molar-refractivity contribution in [2.24, 2.45) is 0 Å². The Morgan fingerprint density at radius 2 is 1.44 bits per heavy atom. The number of hydrogen-bond acceptors (Lipinski definition) is 1. The highest BCUT2D eigenvalue weighted by Crippen LogP contribution is 2.38. The number of benzene rings is 4. The molecule has 0 amide bonds. The van der Waals surface area contributed by atoms with E-state index in [9.17, 15) is 0 Å². The van der Waals surface area contributed by atoms with Gasteiger partial charge in [-0.25, -0.2) is 4.98 Å². The minimum absolute atomic E-state index is 0.480. The van der Waals surface area contributed by atoms with E-state index in [1.165, 1.54) is 21.7 Å². The van der Waals surface area contributed by atoms with E-state index >= 15 is 0 Å². The molecule has 0 atom stereocenters. The molecule has 4 aromatic carbocycles. The first kappa shape index (κ1) is 23.0. The van der Waals surface area contributed by atoms with Gasteiger partial charge in [0.25, 0.3) is 0 Å². The highest BCUT2D eigenvalue weighted by atomic mass is 79.9. The Hall–Kier alpha value is -2.74. The Labute approximate surface area is 211 Å². The maximum atomic E-state index is 5.13. The molecule has 0 aliphatic rings. The summed E-state index contributed by atoms with van der Waals surface area (Å²) in [5.41, 5.74) is 4.81. The van der Waals surface area contributed by atoms with E-state index in [0.29, 0.717) is 0 Å². The quantitative estimate of drug-likeness (QED) is 0.188. The number of fused-ring (bicyclic) bond motifs is 1. The zero-order chi connectivity index (χ0) is 23.3. The summed E-state index contributed by atoms with van der Waals surface area (Å²) in [7, 11) is -0.480. The summed E-state index contributed by atoms with van der Waals surface area (Å²) < 4.78 is 3.48. The lowest BCUT2D eigenvalue weighted by Crippen LogP contribution is -2.12. The van der Waals surface area contributed by atoms with Crippen molar-refractivity contribution >= 4 is 45.5 Å². The molecule has 0 saturated heterocycles. The summed E-state index contributed by atoms with van der Waals surface area (Å²) >= 11 is 3.56. The number of aromatic nitrogens is 2. The minimum atomic E-state index is -0.480. The molecule has 1 heterocycles. The van der Waals surface area contributed by atoms with Crippen molar-refractivity contribution in [3.63, 3.8) is 0 Å². The van der Waals surface area contributed by atoms with Gasteiger partial charge in [-0.15, -0.1) is 0 Å². The topological polar surface area (TPSA) is 17.8 Å². The molecule has 0 bridgehead atoms. The van der Waals surface area contributed by atoms with E-state index < -0.39 is 7.92 Å². The summed E-state index contributed by atoms with van der Waals surface area (Å²) in [5.74, 6) is 1.06. The van der Waals surface area contributed by atoms with Gasteiger partial charge < -0.3 is 4.57 Å². The van der Waals surface area contributed by atoms with Crippen LogP contribution in [-0.2, 0) is 12.7 Å². The van der Waals surface area contributed by atoms with Crippen LogP contribution in [0.1, 0.15) is 25.3 Å². The number of imidazole rings is 1. The van der Waals surface area contributed by atoms with Crippen molar-refractivity contribution < 1.29 is 0 Å². The fourth-order valence-corrected chi connectivity index (χ4v) is 6.92. The van der Waals surface area contributed by atoms with Crippen molar-refractivity contribution in [3.8, 4) is 11.4 Å². The second kappa shape index (κ2) is 10.7. The summed E-state index contributed by atoms with van der Waals surface area (Å²) in [6.07, 6.45) is 3.31. The molecule has 0 saturated carbocycles. The molecular formula is C30H28BrN2P. The molecule has 2 nitrogen and oxygen atoms in total. The third kappa shape index (κ3) is 5.02. The van der Waals surface area contributed by atoms with E-state index in [2.05, 4.69) is 131 Å². The first-order valence-corrected chi connectivity index (χ1v) is 14.2. The lowest BCUT2D eigenvalue weighted by atomic mass is 10.2. The summed E-state index contributed by atoms with van der Waals surface area (Å²) in [5, 5.41) is 2.82. The zero-order valence-corrected chi connectivity index (χ0v) is 21.8. The number of halogens is 1. The average Bonchev–Trinajstić information content (AvgIpc) is 3.25. The smallest absolute Gasteiger partial charge is 0.141 e. The molecule has 34 heavy (non-hydrogen) atoms. The van der Waals surface area contributed by atoms with Gasteiger partial charge in [-0.2, -0.15) is 0 Å². The number of rotatable bonds is 8. The van der Waals surface area contributed by atoms with Crippen LogP contribution in [0.4, 0.5) is 0 Å². The number of aryl methyl sites for hydroxylation is 1. The molecule has 0 aliphatic heterocycles. The monoisotopic (exact) mass is 526 g/mol. The maximum absolute atomic E-state index is 5.13. The molecule has 4 heteroatoms. The lowest BCUT2D eigenvalue weighted by Gasteiger charge is -2.19. The first-order valence-electron chi connectivity index (χ1n) is 11.9. The van der Waals surface area contributed by atoms with E-state index in [1.807, 2.05) is 0 Å². The maximum Gasteiger partial charge on any atom is 0.141 e. The van der Waals surface area contributed by atoms with Gasteiger partial charge in [0.2, 0.25) is 0 Å². The molecule has 0 fully saturated rings. The van der Waals surface area contributed by atoms with E-state index in [-0.39, 0.29) is 0 Å². The SMILES string of the molecule is CCCCn1c(-c2ccc(Br)cc2)nc2cc(CP(c3ccccc3)c3ccccc3)ccc21. The van der Waals surface area contributed by atoms with Crippen LogP contribution in [0, 0.1) is 0 Å². The van der Waals surface area contributed by atoms with Crippen LogP contribution in [0.5, 0.6) is 0 Å². The second-order valence-corrected chi connectivity index (χ2v) is 11.6. The van der Waals surface area contributed by atoms with Gasteiger partial charge in [0.05, 0.1) is 11.0 Å². The summed E-state index contributed by atoms with van der Waals surface area (Å²) in [6, 6.07) is 37.2. The number of unbranched alkanes of at least 4 members (excludes halogenated alkanes) is 1. The standard InChI is InChI=1S/C30H28BrN2P/c1-2-3-20-33-29-19-14-23(21-28(29)32-30(33)24-15-17-25(31)18-16-24)22-34(26-10-6-4-7-11-26)27-12-8-5-9-13-27/h4-19,21H,2-3,20,22H2,1H3. The fourth-order valence-electron chi connectivity index (χ4n) is 4.37. The number of nitrogens with zero attached hydrogens (tertiary/aromatic N) is 2. The molecule has 1 aromatic heterocycles. The molecule has 0 N–H and O–H groups in total. The molecule has 0 spiro atoms. The highest BCUT2D eigenvalue weighted by Gasteiger charge is 2.17. The molecular weight excluding hydrogens is 499 g/mol.